The quantitative estimate of drug-likeness (QED) is 0.312. The van der Waals surface area contributed by atoms with Gasteiger partial charge in [0.2, 0.25) is 0 Å². The average molecular weight is 516 g/mol. The number of halogens is 1. The van der Waals surface area contributed by atoms with Gasteiger partial charge < -0.3 is 19.3 Å². The van der Waals surface area contributed by atoms with Gasteiger partial charge in [-0.1, -0.05) is 28.9 Å². The molecule has 37 heavy (non-hydrogen) atoms. The summed E-state index contributed by atoms with van der Waals surface area (Å²) >= 11 is 6.21. The van der Waals surface area contributed by atoms with Gasteiger partial charge in [-0.2, -0.15) is 0 Å². The molecule has 0 saturated heterocycles. The van der Waals surface area contributed by atoms with Crippen molar-refractivity contribution in [1.82, 2.24) is 25.4 Å². The van der Waals surface area contributed by atoms with E-state index in [1.54, 1.807) is 48.8 Å². The van der Waals surface area contributed by atoms with Gasteiger partial charge in [-0.25, -0.2) is 9.97 Å². The van der Waals surface area contributed by atoms with Gasteiger partial charge >= 0.3 is 0 Å². The van der Waals surface area contributed by atoms with Crippen LogP contribution in [0, 0.1) is 6.92 Å². The Hall–Kier alpha value is -4.50. The van der Waals surface area contributed by atoms with Crippen molar-refractivity contribution in [2.24, 2.45) is 0 Å². The number of rotatable bonds is 7. The second kappa shape index (κ2) is 10.2. The maximum Gasteiger partial charge on any atom is 0.259 e. The van der Waals surface area contributed by atoms with Crippen molar-refractivity contribution in [3.8, 4) is 34.1 Å². The van der Waals surface area contributed by atoms with E-state index in [4.69, 9.17) is 25.6 Å². The summed E-state index contributed by atoms with van der Waals surface area (Å²) in [5, 5.41) is 8.17. The fourth-order valence-electron chi connectivity index (χ4n) is 3.94. The van der Waals surface area contributed by atoms with E-state index in [2.05, 4.69) is 25.4 Å². The highest BCUT2D eigenvalue weighted by atomic mass is 35.5. The van der Waals surface area contributed by atoms with Gasteiger partial charge in [-0.05, 0) is 48.9 Å². The monoisotopic (exact) mass is 515 g/mol. The number of nitrogens with zero attached hydrogens (tertiary/aromatic N) is 4. The molecule has 0 bridgehead atoms. The van der Waals surface area contributed by atoms with Gasteiger partial charge in [0.1, 0.15) is 5.69 Å². The normalized spacial score (nSPS) is 10.9. The topological polar surface area (TPSA) is 112 Å². The number of hydrogen-bond acceptors (Lipinski definition) is 8. The van der Waals surface area contributed by atoms with Crippen LogP contribution in [-0.4, -0.2) is 40.2 Å². The number of amides is 1. The summed E-state index contributed by atoms with van der Waals surface area (Å²) in [5.74, 6) is 0.481. The minimum absolute atomic E-state index is 0.155. The Labute approximate surface area is 217 Å². The smallest absolute Gasteiger partial charge is 0.259 e. The number of methoxy groups -OCH3 is 2. The Morgan fingerprint density at radius 3 is 2.65 bits per heavy atom. The van der Waals surface area contributed by atoms with Crippen LogP contribution in [0.5, 0.6) is 11.6 Å². The molecular formula is C27H22ClN5O4. The van der Waals surface area contributed by atoms with E-state index in [9.17, 15) is 4.79 Å². The number of carbonyl (C=O) groups excluding carboxylic acids is 1. The van der Waals surface area contributed by atoms with E-state index in [1.807, 2.05) is 19.1 Å². The van der Waals surface area contributed by atoms with E-state index < -0.39 is 0 Å². The SMILES string of the molecule is COc1ccc(CNC(=O)c2cc(-c3cncc(C)c3)nc3onc(-c4cccc(Cl)c4)c23)nc1OC. The van der Waals surface area contributed by atoms with Crippen molar-refractivity contribution in [2.75, 3.05) is 14.2 Å². The van der Waals surface area contributed by atoms with Crippen LogP contribution in [0.3, 0.4) is 0 Å². The standard InChI is InChI=1S/C27H22ClN5O4/c1-15-9-17(13-29-12-15)21-11-20(25(34)30-14-19-7-8-22(35-2)26(31-19)36-3)23-24(33-37-27(23)32-21)16-5-4-6-18(28)10-16/h4-13H,14H2,1-3H3,(H,30,34). The maximum atomic E-state index is 13.6. The van der Waals surface area contributed by atoms with Gasteiger partial charge in [0.05, 0.1) is 43.1 Å². The lowest BCUT2D eigenvalue weighted by atomic mass is 10.0. The molecule has 5 rings (SSSR count). The lowest BCUT2D eigenvalue weighted by Gasteiger charge is -2.11. The van der Waals surface area contributed by atoms with Crippen LogP contribution in [0.25, 0.3) is 33.6 Å². The van der Waals surface area contributed by atoms with Crippen molar-refractivity contribution in [2.45, 2.75) is 13.5 Å². The molecule has 1 aromatic carbocycles. The molecule has 0 aliphatic heterocycles. The van der Waals surface area contributed by atoms with Crippen LogP contribution in [0.15, 0.2) is 65.4 Å². The number of benzene rings is 1. The Morgan fingerprint density at radius 2 is 1.89 bits per heavy atom. The largest absolute Gasteiger partial charge is 0.491 e. The molecule has 186 valence electrons. The van der Waals surface area contributed by atoms with Crippen LogP contribution in [0.2, 0.25) is 5.02 Å². The third-order valence-corrected chi connectivity index (χ3v) is 5.92. The lowest BCUT2D eigenvalue weighted by Crippen LogP contribution is -2.24. The van der Waals surface area contributed by atoms with Crippen molar-refractivity contribution >= 4 is 28.6 Å². The van der Waals surface area contributed by atoms with E-state index in [0.29, 0.717) is 50.2 Å². The van der Waals surface area contributed by atoms with Crippen molar-refractivity contribution in [1.29, 1.82) is 0 Å². The van der Waals surface area contributed by atoms with Crippen LogP contribution >= 0.6 is 11.6 Å². The van der Waals surface area contributed by atoms with Crippen LogP contribution in [0.1, 0.15) is 21.6 Å². The molecule has 0 unspecified atom stereocenters. The van der Waals surface area contributed by atoms with Crippen molar-refractivity contribution in [3.05, 3.63) is 82.8 Å². The number of carbonyl (C=O) groups is 1. The summed E-state index contributed by atoms with van der Waals surface area (Å²) in [4.78, 5) is 26.9. The molecule has 1 N–H and O–H groups in total. The summed E-state index contributed by atoms with van der Waals surface area (Å²) in [6.45, 7) is 2.09. The molecule has 0 fully saturated rings. The third kappa shape index (κ3) is 4.94. The molecule has 4 heterocycles. The lowest BCUT2D eigenvalue weighted by molar-refractivity contribution is 0.0952. The maximum absolute atomic E-state index is 13.6. The van der Waals surface area contributed by atoms with E-state index in [-0.39, 0.29) is 18.2 Å². The number of aryl methyl sites for hydroxylation is 1. The molecule has 4 aromatic heterocycles. The molecule has 0 radical (unpaired) electrons. The first-order valence-electron chi connectivity index (χ1n) is 11.3. The van der Waals surface area contributed by atoms with Gasteiger partial charge in [0.25, 0.3) is 17.5 Å². The zero-order valence-corrected chi connectivity index (χ0v) is 21.0. The van der Waals surface area contributed by atoms with E-state index in [0.717, 1.165) is 11.1 Å². The first-order chi connectivity index (χ1) is 18.0. The summed E-state index contributed by atoms with van der Waals surface area (Å²) in [7, 11) is 3.04. The van der Waals surface area contributed by atoms with Gasteiger partial charge in [-0.3, -0.25) is 9.78 Å². The number of aromatic nitrogens is 4. The Balaban J connectivity index is 1.57. The fraction of sp³-hybridized carbons (Fsp3) is 0.148. The van der Waals surface area contributed by atoms with Crippen LogP contribution in [-0.2, 0) is 6.54 Å². The zero-order valence-electron chi connectivity index (χ0n) is 20.3. The summed E-state index contributed by atoms with van der Waals surface area (Å²) in [5.41, 5.74) is 4.58. The third-order valence-electron chi connectivity index (χ3n) is 5.69. The molecule has 1 amide bonds. The summed E-state index contributed by atoms with van der Waals surface area (Å²) in [6.07, 6.45) is 3.43. The number of hydrogen-bond donors (Lipinski definition) is 1. The van der Waals surface area contributed by atoms with Gasteiger partial charge in [0, 0.05) is 28.5 Å². The second-order valence-electron chi connectivity index (χ2n) is 8.22. The molecule has 0 spiro atoms. The molecule has 0 saturated carbocycles. The molecule has 9 nitrogen and oxygen atoms in total. The van der Waals surface area contributed by atoms with Gasteiger partial charge in [0.15, 0.2) is 5.75 Å². The molecule has 0 atom stereocenters. The van der Waals surface area contributed by atoms with E-state index in [1.165, 1.54) is 14.2 Å². The highest BCUT2D eigenvalue weighted by molar-refractivity contribution is 6.31. The van der Waals surface area contributed by atoms with Crippen LogP contribution < -0.4 is 14.8 Å². The molecule has 0 aliphatic rings. The average Bonchev–Trinajstić information content (AvgIpc) is 3.35. The Kier molecular flexibility index (Phi) is 6.70. The van der Waals surface area contributed by atoms with Crippen LogP contribution in [0.4, 0.5) is 0 Å². The van der Waals surface area contributed by atoms with Crippen molar-refractivity contribution in [3.63, 3.8) is 0 Å². The highest BCUT2D eigenvalue weighted by Gasteiger charge is 2.22. The molecular weight excluding hydrogens is 494 g/mol. The van der Waals surface area contributed by atoms with E-state index >= 15 is 0 Å². The highest BCUT2D eigenvalue weighted by Crippen LogP contribution is 2.34. The number of nitrogens with one attached hydrogen (secondary N) is 1. The Bertz CT molecular complexity index is 1620. The second-order valence-corrected chi connectivity index (χ2v) is 8.66. The number of fused-ring (bicyclic) bond motifs is 1. The minimum atomic E-state index is -0.350. The predicted octanol–water partition coefficient (Wildman–Crippen LogP) is 5.26. The van der Waals surface area contributed by atoms with Crippen molar-refractivity contribution < 1.29 is 18.8 Å². The fourth-order valence-corrected chi connectivity index (χ4v) is 4.13. The zero-order chi connectivity index (χ0) is 25.9. The summed E-state index contributed by atoms with van der Waals surface area (Å²) in [6, 6.07) is 14.3. The molecule has 0 aliphatic carbocycles. The molecule has 5 aromatic rings. The first kappa shape index (κ1) is 24.2. The number of pyridine rings is 3. The number of ether oxygens (including phenoxy) is 2. The molecule has 10 heteroatoms. The minimum Gasteiger partial charge on any atom is -0.491 e. The first-order valence-corrected chi connectivity index (χ1v) is 11.7. The Morgan fingerprint density at radius 1 is 1.03 bits per heavy atom. The summed E-state index contributed by atoms with van der Waals surface area (Å²) < 4.78 is 16.1. The predicted molar refractivity (Wildman–Crippen MR) is 139 cm³/mol. The van der Waals surface area contributed by atoms with Gasteiger partial charge in [-0.15, -0.1) is 0 Å².